The monoisotopic (exact) mass is 428 g/mol. The van der Waals surface area contributed by atoms with Crippen molar-refractivity contribution in [2.24, 2.45) is 23.2 Å². The van der Waals surface area contributed by atoms with Crippen LogP contribution in [0.4, 0.5) is 5.69 Å². The summed E-state index contributed by atoms with van der Waals surface area (Å²) in [6, 6.07) is 8.38. The third kappa shape index (κ3) is 4.71. The number of anilines is 1. The number of benzene rings is 1. The second-order valence-electron chi connectivity index (χ2n) is 10.3. The van der Waals surface area contributed by atoms with Gasteiger partial charge in [0.1, 0.15) is 19.6 Å². The van der Waals surface area contributed by atoms with Crippen molar-refractivity contribution in [1.82, 2.24) is 5.32 Å². The fourth-order valence-corrected chi connectivity index (χ4v) is 7.24. The SMILES string of the molecule is O=C(CC12CC3CC(CC(C3)C1)C2)NC(=S)Nc1ccc(C[NH+]2CCOCC2)cc1. The Morgan fingerprint density at radius 1 is 1.03 bits per heavy atom. The highest BCUT2D eigenvalue weighted by Crippen LogP contribution is 2.61. The first kappa shape index (κ1) is 20.4. The molecule has 5 fully saturated rings. The number of morpholine rings is 1. The number of rotatable bonds is 5. The van der Waals surface area contributed by atoms with Gasteiger partial charge in [-0.3, -0.25) is 4.79 Å². The molecule has 4 aliphatic carbocycles. The Labute approximate surface area is 184 Å². The molecule has 30 heavy (non-hydrogen) atoms. The summed E-state index contributed by atoms with van der Waals surface area (Å²) in [7, 11) is 0. The second-order valence-corrected chi connectivity index (χ2v) is 10.7. The molecule has 4 bridgehead atoms. The van der Waals surface area contributed by atoms with Crippen LogP contribution in [0.25, 0.3) is 0 Å². The van der Waals surface area contributed by atoms with Gasteiger partial charge in [-0.15, -0.1) is 0 Å². The summed E-state index contributed by atoms with van der Waals surface area (Å²) in [4.78, 5) is 14.3. The van der Waals surface area contributed by atoms with Crippen molar-refractivity contribution in [3.8, 4) is 0 Å². The van der Waals surface area contributed by atoms with Crippen LogP contribution in [-0.4, -0.2) is 37.3 Å². The van der Waals surface area contributed by atoms with E-state index in [4.69, 9.17) is 17.0 Å². The number of carbonyl (C=O) groups is 1. The second kappa shape index (κ2) is 8.56. The maximum atomic E-state index is 12.8. The molecule has 0 spiro atoms. The highest BCUT2D eigenvalue weighted by atomic mass is 32.1. The first-order chi connectivity index (χ1) is 14.6. The zero-order chi connectivity index (χ0) is 20.6. The van der Waals surface area contributed by atoms with E-state index < -0.39 is 0 Å². The molecule has 3 N–H and O–H groups in total. The molecule has 162 valence electrons. The lowest BCUT2D eigenvalue weighted by Gasteiger charge is -2.56. The Bertz CT molecular complexity index is 753. The molecule has 1 saturated heterocycles. The van der Waals surface area contributed by atoms with Crippen molar-refractivity contribution in [2.45, 2.75) is 51.5 Å². The number of hydrogen-bond donors (Lipinski definition) is 3. The summed E-state index contributed by atoms with van der Waals surface area (Å²) in [5.41, 5.74) is 2.49. The molecule has 1 aromatic carbocycles. The zero-order valence-corrected chi connectivity index (χ0v) is 18.6. The van der Waals surface area contributed by atoms with E-state index >= 15 is 0 Å². The maximum Gasteiger partial charge on any atom is 0.226 e. The summed E-state index contributed by atoms with van der Waals surface area (Å²) in [5.74, 6) is 2.69. The summed E-state index contributed by atoms with van der Waals surface area (Å²) in [5, 5.41) is 6.54. The molecule has 4 saturated carbocycles. The maximum absolute atomic E-state index is 12.8. The Hall–Kier alpha value is -1.50. The summed E-state index contributed by atoms with van der Waals surface area (Å²) < 4.78 is 5.43. The molecule has 1 amide bonds. The number of thiocarbonyl (C=S) groups is 1. The molecule has 1 aromatic rings. The molecule has 0 atom stereocenters. The van der Waals surface area contributed by atoms with Gasteiger partial charge in [0.05, 0.1) is 13.2 Å². The fraction of sp³-hybridized carbons (Fsp3) is 0.667. The predicted molar refractivity (Wildman–Crippen MR) is 121 cm³/mol. The van der Waals surface area contributed by atoms with Gasteiger partial charge in [0.2, 0.25) is 5.91 Å². The Kier molecular flexibility index (Phi) is 5.82. The van der Waals surface area contributed by atoms with Crippen LogP contribution in [0, 0.1) is 23.2 Å². The van der Waals surface area contributed by atoms with Crippen molar-refractivity contribution in [3.63, 3.8) is 0 Å². The van der Waals surface area contributed by atoms with Gasteiger partial charge in [-0.1, -0.05) is 12.1 Å². The van der Waals surface area contributed by atoms with E-state index in [1.807, 2.05) is 12.1 Å². The van der Waals surface area contributed by atoms with E-state index in [2.05, 4.69) is 22.8 Å². The minimum Gasteiger partial charge on any atom is -0.370 e. The number of hydrogen-bond acceptors (Lipinski definition) is 3. The molecule has 0 aromatic heterocycles. The normalized spacial score (nSPS) is 32.7. The number of carbonyl (C=O) groups excluding carboxylic acids is 1. The fourth-order valence-electron chi connectivity index (χ4n) is 7.01. The Morgan fingerprint density at radius 2 is 1.63 bits per heavy atom. The van der Waals surface area contributed by atoms with Crippen molar-refractivity contribution < 1.29 is 14.4 Å². The molecule has 1 aliphatic heterocycles. The van der Waals surface area contributed by atoms with Gasteiger partial charge in [0.25, 0.3) is 0 Å². The zero-order valence-electron chi connectivity index (χ0n) is 17.8. The van der Waals surface area contributed by atoms with Gasteiger partial charge in [-0.05, 0) is 86.0 Å². The van der Waals surface area contributed by atoms with Gasteiger partial charge < -0.3 is 20.3 Å². The number of ether oxygens (including phenoxy) is 1. The third-order valence-corrected chi connectivity index (χ3v) is 8.02. The van der Waals surface area contributed by atoms with Gasteiger partial charge >= 0.3 is 0 Å². The average molecular weight is 429 g/mol. The van der Waals surface area contributed by atoms with Gasteiger partial charge in [0, 0.05) is 17.7 Å². The number of nitrogens with one attached hydrogen (secondary N) is 3. The van der Waals surface area contributed by atoms with Crippen molar-refractivity contribution >= 4 is 28.9 Å². The van der Waals surface area contributed by atoms with E-state index in [9.17, 15) is 4.79 Å². The summed E-state index contributed by atoms with van der Waals surface area (Å²) in [6.45, 7) is 4.87. The molecule has 1 heterocycles. The van der Waals surface area contributed by atoms with Crippen molar-refractivity contribution in [3.05, 3.63) is 29.8 Å². The van der Waals surface area contributed by atoms with Crippen LogP contribution in [0.5, 0.6) is 0 Å². The smallest absolute Gasteiger partial charge is 0.226 e. The van der Waals surface area contributed by atoms with Crippen LogP contribution < -0.4 is 15.5 Å². The largest absolute Gasteiger partial charge is 0.370 e. The first-order valence-corrected chi connectivity index (χ1v) is 12.1. The van der Waals surface area contributed by atoms with E-state index in [1.165, 1.54) is 44.1 Å². The standard InChI is InChI=1S/C24H33N3O2S/c28-22(15-24-12-18-9-19(13-24)11-20(10-18)14-24)26-23(30)25-21-3-1-17(2-4-21)16-27-5-7-29-8-6-27/h1-4,18-20H,5-16H2,(H2,25,26,28,30)/p+1. The van der Waals surface area contributed by atoms with Crippen LogP contribution in [0.2, 0.25) is 0 Å². The molecule has 5 nitrogen and oxygen atoms in total. The van der Waals surface area contributed by atoms with E-state index in [0.29, 0.717) is 11.5 Å². The number of amides is 1. The minimum atomic E-state index is 0.0852. The van der Waals surface area contributed by atoms with Gasteiger partial charge in [0.15, 0.2) is 5.11 Å². The molecule has 0 radical (unpaired) electrons. The highest BCUT2D eigenvalue weighted by Gasteiger charge is 2.51. The Balaban J connectivity index is 1.10. The molecule has 6 heteroatoms. The van der Waals surface area contributed by atoms with Crippen molar-refractivity contribution in [1.29, 1.82) is 0 Å². The van der Waals surface area contributed by atoms with E-state index in [-0.39, 0.29) is 11.3 Å². The number of quaternary nitrogens is 1. The van der Waals surface area contributed by atoms with E-state index in [1.54, 1.807) is 4.90 Å². The van der Waals surface area contributed by atoms with Crippen LogP contribution in [0.15, 0.2) is 24.3 Å². The molecule has 5 aliphatic rings. The molecule has 6 rings (SSSR count). The van der Waals surface area contributed by atoms with Gasteiger partial charge in [-0.25, -0.2) is 0 Å². The topological polar surface area (TPSA) is 54.8 Å². The first-order valence-electron chi connectivity index (χ1n) is 11.7. The molecular weight excluding hydrogens is 394 g/mol. The van der Waals surface area contributed by atoms with E-state index in [0.717, 1.165) is 56.3 Å². The highest BCUT2D eigenvalue weighted by molar-refractivity contribution is 7.80. The Morgan fingerprint density at radius 3 is 2.23 bits per heavy atom. The van der Waals surface area contributed by atoms with Crippen LogP contribution in [0.3, 0.4) is 0 Å². The average Bonchev–Trinajstić information content (AvgIpc) is 2.68. The third-order valence-electron chi connectivity index (χ3n) is 7.82. The predicted octanol–water partition coefficient (Wildman–Crippen LogP) is 2.52. The van der Waals surface area contributed by atoms with Gasteiger partial charge in [-0.2, -0.15) is 0 Å². The molecule has 0 unspecified atom stereocenters. The lowest BCUT2D eigenvalue weighted by molar-refractivity contribution is -0.921. The molecular formula is C24H34N3O2S+. The lowest BCUT2D eigenvalue weighted by atomic mass is 9.49. The van der Waals surface area contributed by atoms with Crippen LogP contribution >= 0.6 is 12.2 Å². The summed E-state index contributed by atoms with van der Waals surface area (Å²) in [6.07, 6.45) is 8.61. The van der Waals surface area contributed by atoms with Crippen molar-refractivity contribution in [2.75, 3.05) is 31.6 Å². The minimum absolute atomic E-state index is 0.0852. The quantitative estimate of drug-likeness (QED) is 0.631. The summed E-state index contributed by atoms with van der Waals surface area (Å²) >= 11 is 5.42. The van der Waals surface area contributed by atoms with Crippen LogP contribution in [-0.2, 0) is 16.1 Å². The lowest BCUT2D eigenvalue weighted by Crippen LogP contribution is -3.12. The van der Waals surface area contributed by atoms with Crippen LogP contribution in [0.1, 0.15) is 50.5 Å².